The Labute approximate surface area is 355 Å². The second kappa shape index (κ2) is 19.0. The maximum absolute atomic E-state index is 13.2. The van der Waals surface area contributed by atoms with Crippen molar-refractivity contribution in [1.82, 2.24) is 45.2 Å². The molecule has 6 aromatic rings. The van der Waals surface area contributed by atoms with Crippen molar-refractivity contribution in [2.24, 2.45) is 12.0 Å². The van der Waals surface area contributed by atoms with Crippen molar-refractivity contribution in [2.45, 2.75) is 39.7 Å². The van der Waals surface area contributed by atoms with E-state index in [0.29, 0.717) is 42.1 Å². The van der Waals surface area contributed by atoms with E-state index in [1.807, 2.05) is 71.8 Å². The van der Waals surface area contributed by atoms with Gasteiger partial charge in [-0.1, -0.05) is 30.3 Å². The molecule has 0 saturated carbocycles. The van der Waals surface area contributed by atoms with Crippen LogP contribution in [0.3, 0.4) is 0 Å². The van der Waals surface area contributed by atoms with Gasteiger partial charge in [0.1, 0.15) is 16.9 Å². The predicted molar refractivity (Wildman–Crippen MR) is 233 cm³/mol. The van der Waals surface area contributed by atoms with Crippen LogP contribution in [0.4, 0.5) is 5.95 Å². The number of benzene rings is 2. The summed E-state index contributed by atoms with van der Waals surface area (Å²) < 4.78 is 15.2. The third-order valence-electron chi connectivity index (χ3n) is 10.2. The predicted octanol–water partition coefficient (Wildman–Crippen LogP) is 5.00. The van der Waals surface area contributed by atoms with Gasteiger partial charge in [0.15, 0.2) is 5.82 Å². The standard InChI is InChI=1S/C42H48ClN11O5S/c1-24(23-48-42-50-32-11-10-31-30(12-14-44-31)38(32)53(42)5)40(57)47-16-15-45-34(55)13-18-58-20-21-59-19-17-46-35(56)22-33-39-52-51-27(4)54(39)41-36(25(2)26(3)60-41)37(49-33)28-6-8-29(43)9-7-28/h6-12,14,33,44H,1,13,15-23H2,2-5H3,(H,45,55)(H,46,56)(H,47,57)(H,48,50)/t33-/m1/s1. The second-order valence-corrected chi connectivity index (χ2v) is 16.0. The van der Waals surface area contributed by atoms with Crippen molar-refractivity contribution in [3.8, 4) is 5.00 Å². The number of fused-ring (bicyclic) bond motifs is 6. The van der Waals surface area contributed by atoms with E-state index in [4.69, 9.17) is 26.1 Å². The van der Waals surface area contributed by atoms with E-state index in [2.05, 4.69) is 61.9 Å². The first-order valence-electron chi connectivity index (χ1n) is 19.7. The van der Waals surface area contributed by atoms with Gasteiger partial charge in [0.05, 0.1) is 49.6 Å². The molecule has 0 fully saturated rings. The average molecular weight is 854 g/mol. The fraction of sp³-hybridized carbons (Fsp3) is 0.357. The van der Waals surface area contributed by atoms with Crippen LogP contribution >= 0.6 is 22.9 Å². The van der Waals surface area contributed by atoms with Crippen LogP contribution in [0.5, 0.6) is 0 Å². The van der Waals surface area contributed by atoms with Crippen LogP contribution in [0, 0.1) is 20.8 Å². The third-order valence-corrected chi connectivity index (χ3v) is 11.7. The van der Waals surface area contributed by atoms with E-state index in [-0.39, 0.29) is 63.4 Å². The quantitative estimate of drug-likeness (QED) is 0.0551. The number of hydrogen-bond acceptors (Lipinski definition) is 11. The Kier molecular flexibility index (Phi) is 13.4. The van der Waals surface area contributed by atoms with E-state index >= 15 is 0 Å². The Hall–Kier alpha value is -5.88. The Morgan fingerprint density at radius 2 is 1.67 bits per heavy atom. The minimum atomic E-state index is -0.564. The molecule has 2 aromatic carbocycles. The van der Waals surface area contributed by atoms with Crippen molar-refractivity contribution in [3.05, 3.63) is 99.1 Å². The summed E-state index contributed by atoms with van der Waals surface area (Å²) in [7, 11) is 1.92. The van der Waals surface area contributed by atoms with Crippen LogP contribution in [-0.4, -0.2) is 105 Å². The fourth-order valence-corrected chi connectivity index (χ4v) is 8.33. The molecule has 0 spiro atoms. The maximum Gasteiger partial charge on any atom is 0.248 e. The molecule has 1 aliphatic heterocycles. The molecule has 16 nitrogen and oxygen atoms in total. The first-order valence-corrected chi connectivity index (χ1v) is 20.9. The summed E-state index contributed by atoms with van der Waals surface area (Å²) in [5.41, 5.74) is 7.04. The minimum Gasteiger partial charge on any atom is -0.379 e. The molecular formula is C42H48ClN11O5S. The summed E-state index contributed by atoms with van der Waals surface area (Å²) in [6.45, 7) is 12.1. The smallest absolute Gasteiger partial charge is 0.248 e. The molecular weight excluding hydrogens is 806 g/mol. The summed E-state index contributed by atoms with van der Waals surface area (Å²) in [5, 5.41) is 23.2. The molecule has 5 heterocycles. The summed E-state index contributed by atoms with van der Waals surface area (Å²) in [6.07, 6.45) is 2.13. The molecule has 18 heteroatoms. The molecule has 7 rings (SSSR count). The molecule has 60 heavy (non-hydrogen) atoms. The summed E-state index contributed by atoms with van der Waals surface area (Å²) >= 11 is 7.87. The monoisotopic (exact) mass is 853 g/mol. The van der Waals surface area contributed by atoms with Crippen molar-refractivity contribution < 1.29 is 23.9 Å². The number of amides is 3. The van der Waals surface area contributed by atoms with Crippen molar-refractivity contribution in [2.75, 3.05) is 57.9 Å². The zero-order chi connectivity index (χ0) is 42.3. The van der Waals surface area contributed by atoms with Gasteiger partial charge in [0.2, 0.25) is 23.7 Å². The van der Waals surface area contributed by atoms with E-state index < -0.39 is 6.04 Å². The number of aromatic amines is 1. The number of aromatic nitrogens is 6. The topological polar surface area (TPSA) is 194 Å². The van der Waals surface area contributed by atoms with Crippen molar-refractivity contribution in [1.29, 1.82) is 0 Å². The molecule has 3 amide bonds. The molecule has 0 radical (unpaired) electrons. The van der Waals surface area contributed by atoms with Crippen LogP contribution in [0.1, 0.15) is 52.1 Å². The van der Waals surface area contributed by atoms with Gasteiger partial charge in [0, 0.05) is 83.3 Å². The van der Waals surface area contributed by atoms with Gasteiger partial charge in [-0.25, -0.2) is 4.98 Å². The van der Waals surface area contributed by atoms with Gasteiger partial charge in [0.25, 0.3) is 0 Å². The van der Waals surface area contributed by atoms with Gasteiger partial charge in [-0.2, -0.15) is 0 Å². The Morgan fingerprint density at radius 3 is 2.47 bits per heavy atom. The van der Waals surface area contributed by atoms with Crippen LogP contribution < -0.4 is 21.3 Å². The molecule has 5 N–H and O–H groups in total. The van der Waals surface area contributed by atoms with Crippen LogP contribution in [0.2, 0.25) is 5.02 Å². The number of anilines is 1. The maximum atomic E-state index is 13.2. The minimum absolute atomic E-state index is 0.0785. The largest absolute Gasteiger partial charge is 0.379 e. The zero-order valence-electron chi connectivity index (χ0n) is 34.0. The number of halogens is 1. The van der Waals surface area contributed by atoms with E-state index in [1.54, 1.807) is 11.3 Å². The van der Waals surface area contributed by atoms with Crippen molar-refractivity contribution >= 4 is 74.3 Å². The summed E-state index contributed by atoms with van der Waals surface area (Å²) in [6, 6.07) is 13.0. The zero-order valence-corrected chi connectivity index (χ0v) is 35.6. The number of carbonyl (C=O) groups is 3. The molecule has 1 atom stereocenters. The number of imidazole rings is 1. The normalized spacial score (nSPS) is 13.4. The highest BCUT2D eigenvalue weighted by atomic mass is 35.5. The summed E-state index contributed by atoms with van der Waals surface area (Å²) in [4.78, 5) is 52.2. The molecule has 1 aliphatic rings. The number of rotatable bonds is 19. The fourth-order valence-electron chi connectivity index (χ4n) is 6.99. The number of thiophene rings is 1. The number of carbonyl (C=O) groups excluding carboxylic acids is 3. The number of aryl methyl sites for hydroxylation is 3. The molecule has 0 bridgehead atoms. The average Bonchev–Trinajstić information content (AvgIpc) is 3.99. The van der Waals surface area contributed by atoms with Gasteiger partial charge >= 0.3 is 0 Å². The highest BCUT2D eigenvalue weighted by Crippen LogP contribution is 2.39. The Bertz CT molecular complexity index is 2570. The number of hydrogen-bond donors (Lipinski definition) is 5. The first kappa shape index (κ1) is 42.3. The molecule has 0 aliphatic carbocycles. The van der Waals surface area contributed by atoms with E-state index in [1.165, 1.54) is 4.88 Å². The van der Waals surface area contributed by atoms with Gasteiger partial charge in [-0.05, 0) is 56.7 Å². The number of aliphatic imine (C=N–C) groups is 1. The number of nitrogens with one attached hydrogen (secondary N) is 5. The Morgan fingerprint density at radius 1 is 0.917 bits per heavy atom. The summed E-state index contributed by atoms with van der Waals surface area (Å²) in [5.74, 6) is 1.27. The highest BCUT2D eigenvalue weighted by molar-refractivity contribution is 7.15. The SMILES string of the molecule is C=C(CNc1nc2ccc3[nH]ccc3c2n1C)C(=O)NCCNC(=O)CCOCCOCCNC(=O)C[C@H]1N=C(c2ccc(Cl)cc2)c2c(sc(C)c2C)-n2c(C)nnc21. The van der Waals surface area contributed by atoms with E-state index in [9.17, 15) is 14.4 Å². The highest BCUT2D eigenvalue weighted by Gasteiger charge is 2.32. The van der Waals surface area contributed by atoms with Crippen LogP contribution in [-0.2, 0) is 30.9 Å². The first-order chi connectivity index (χ1) is 29.0. The number of nitrogens with zero attached hydrogens (tertiary/aromatic N) is 6. The lowest BCUT2D eigenvalue weighted by atomic mass is 9.99. The third kappa shape index (κ3) is 9.44. The van der Waals surface area contributed by atoms with E-state index in [0.717, 1.165) is 55.2 Å². The lowest BCUT2D eigenvalue weighted by Crippen LogP contribution is -2.36. The van der Waals surface area contributed by atoms with Crippen LogP contribution in [0.15, 0.2) is 65.8 Å². The Balaban J connectivity index is 0.758. The van der Waals surface area contributed by atoms with Crippen LogP contribution in [0.25, 0.3) is 26.9 Å². The molecule has 4 aromatic heterocycles. The van der Waals surface area contributed by atoms with Gasteiger partial charge in [-0.15, -0.1) is 21.5 Å². The van der Waals surface area contributed by atoms with Crippen molar-refractivity contribution in [3.63, 3.8) is 0 Å². The molecule has 0 unspecified atom stereocenters. The van der Waals surface area contributed by atoms with Gasteiger partial charge < -0.3 is 40.3 Å². The number of H-pyrrole nitrogens is 1. The lowest BCUT2D eigenvalue weighted by molar-refractivity contribution is -0.122. The van der Waals surface area contributed by atoms with Gasteiger partial charge in [-0.3, -0.25) is 23.9 Å². The molecule has 314 valence electrons. The second-order valence-electron chi connectivity index (χ2n) is 14.4. The lowest BCUT2D eigenvalue weighted by Gasteiger charge is -2.13. The number of ether oxygens (including phenoxy) is 2. The molecule has 0 saturated heterocycles.